The average Bonchev–Trinajstić information content (AvgIpc) is 3.72. The number of carbonyl (C=O) groups is 1. The highest BCUT2D eigenvalue weighted by Gasteiger charge is 2.77. The van der Waals surface area contributed by atoms with Crippen LogP contribution in [0, 0.1) is 11.8 Å². The smallest absolute Gasteiger partial charge is 0.330 e. The fourth-order valence-electron chi connectivity index (χ4n) is 6.55. The first kappa shape index (κ1) is 33.2. The zero-order valence-electron chi connectivity index (χ0n) is 24.5. The van der Waals surface area contributed by atoms with Crippen LogP contribution in [0.2, 0.25) is 0 Å². The molecule has 0 aromatic heterocycles. The van der Waals surface area contributed by atoms with Gasteiger partial charge in [-0.15, -0.1) is 0 Å². The molecule has 1 aliphatic carbocycles. The van der Waals surface area contributed by atoms with Crippen molar-refractivity contribution in [3.63, 3.8) is 0 Å². The van der Waals surface area contributed by atoms with E-state index in [0.717, 1.165) is 0 Å². The summed E-state index contributed by atoms with van der Waals surface area (Å²) in [6.45, 7) is 0.522. The first-order chi connectivity index (χ1) is 21.9. The van der Waals surface area contributed by atoms with Crippen molar-refractivity contribution >= 4 is 12.0 Å². The molecule has 16 nitrogen and oxygen atoms in total. The Bertz CT molecular complexity index is 1290. The predicted molar refractivity (Wildman–Crippen MR) is 149 cm³/mol. The Hall–Kier alpha value is -2.71. The van der Waals surface area contributed by atoms with Crippen LogP contribution in [0.5, 0.6) is 5.75 Å². The Labute approximate surface area is 262 Å². The topological polar surface area (TPSA) is 247 Å². The molecule has 6 rings (SSSR count). The Morgan fingerprint density at radius 1 is 0.891 bits per heavy atom. The fraction of sp³-hybridized carbons (Fsp3) is 0.633. The number of aliphatic hydroxyl groups is 7. The summed E-state index contributed by atoms with van der Waals surface area (Å²) in [4.78, 5) is 12.7. The predicted octanol–water partition coefficient (Wildman–Crippen LogP) is -2.77. The number of carbonyl (C=O) groups excluding carboxylic acids is 1. The molecule has 0 amide bonds. The molecule has 254 valence electrons. The number of rotatable bonds is 9. The van der Waals surface area contributed by atoms with E-state index in [1.807, 2.05) is 0 Å². The number of ether oxygens (including phenoxy) is 7. The minimum Gasteiger partial charge on any atom is -0.508 e. The van der Waals surface area contributed by atoms with Gasteiger partial charge in [0.15, 0.2) is 12.6 Å². The summed E-state index contributed by atoms with van der Waals surface area (Å²) in [5, 5.41) is 81.2. The number of esters is 1. The third kappa shape index (κ3) is 6.05. The number of phenolic OH excluding ortho intramolecular Hbond substituents is 1. The molecule has 0 radical (unpaired) electrons. The van der Waals surface area contributed by atoms with E-state index in [1.165, 1.54) is 37.5 Å². The monoisotopic (exact) mass is 654 g/mol. The van der Waals surface area contributed by atoms with Gasteiger partial charge in [0.25, 0.3) is 0 Å². The van der Waals surface area contributed by atoms with Crippen molar-refractivity contribution in [2.75, 3.05) is 13.2 Å². The summed E-state index contributed by atoms with van der Waals surface area (Å²) >= 11 is 0. The van der Waals surface area contributed by atoms with Gasteiger partial charge in [-0.25, -0.2) is 4.79 Å². The number of aliphatic hydroxyl groups excluding tert-OH is 7. The molecule has 0 bridgehead atoms. The Kier molecular flexibility index (Phi) is 9.43. The molecule has 5 aliphatic rings. The maximum atomic E-state index is 12.7. The largest absolute Gasteiger partial charge is 0.508 e. The maximum Gasteiger partial charge on any atom is 0.330 e. The molecule has 4 aliphatic heterocycles. The van der Waals surface area contributed by atoms with Crippen LogP contribution in [0.15, 0.2) is 42.7 Å². The minimum absolute atomic E-state index is 0.0684. The van der Waals surface area contributed by atoms with E-state index in [0.29, 0.717) is 5.56 Å². The second-order valence-corrected chi connectivity index (χ2v) is 12.1. The van der Waals surface area contributed by atoms with Crippen molar-refractivity contribution in [2.45, 2.75) is 92.4 Å². The number of hydrogen-bond acceptors (Lipinski definition) is 16. The van der Waals surface area contributed by atoms with Crippen LogP contribution in [-0.4, -0.2) is 146 Å². The normalized spacial score (nSPS) is 46.4. The SMILES string of the molecule is CC1OC(O[C@H]2C3C=COC(OC4OC(CO)C(O)C(O)C4O)C3C3(COC(=O)/C=C/c4ccc(O)cc4)O[C@@H]23)C(O)C(O)C1O. The maximum absolute atomic E-state index is 12.7. The Morgan fingerprint density at radius 3 is 2.26 bits per heavy atom. The molecule has 1 aromatic carbocycles. The van der Waals surface area contributed by atoms with Crippen LogP contribution in [0.3, 0.4) is 0 Å². The summed E-state index contributed by atoms with van der Waals surface area (Å²) in [6.07, 6.45) is -11.8. The lowest BCUT2D eigenvalue weighted by atomic mass is 9.85. The second-order valence-electron chi connectivity index (χ2n) is 12.1. The van der Waals surface area contributed by atoms with Crippen molar-refractivity contribution in [1.82, 2.24) is 0 Å². The molecule has 14 unspecified atom stereocenters. The quantitative estimate of drug-likeness (QED) is 0.0763. The zero-order valence-corrected chi connectivity index (χ0v) is 24.5. The van der Waals surface area contributed by atoms with Crippen LogP contribution in [0.25, 0.3) is 6.08 Å². The Morgan fingerprint density at radius 2 is 1.57 bits per heavy atom. The molecule has 46 heavy (non-hydrogen) atoms. The van der Waals surface area contributed by atoms with Crippen molar-refractivity contribution in [1.29, 1.82) is 0 Å². The van der Waals surface area contributed by atoms with E-state index in [2.05, 4.69) is 0 Å². The molecule has 16 heteroatoms. The minimum atomic E-state index is -1.73. The number of epoxide rings is 1. The lowest BCUT2D eigenvalue weighted by molar-refractivity contribution is -0.347. The van der Waals surface area contributed by atoms with Gasteiger partial charge in [-0.1, -0.05) is 12.1 Å². The standard InChI is InChI=1S/C30H38O16/c1-12-19(34)21(36)23(38)28(42-12)44-25-15-8-9-40-27(45-29-24(39)22(37)20(35)16(10-31)43-29)18(15)30(26(25)46-30)11-41-17(33)7-4-13-2-5-14(32)6-3-13/h2-9,12,15-16,18-29,31-32,34-39H,10-11H2,1H3/b7-4+/t12?,15?,16?,18?,19?,20?,21?,22?,23?,24?,25-,26-,27?,28?,29?,30?/m0/s1. The first-order valence-corrected chi connectivity index (χ1v) is 14.9. The second kappa shape index (κ2) is 13.1. The van der Waals surface area contributed by atoms with Gasteiger partial charge in [0.2, 0.25) is 6.29 Å². The third-order valence-electron chi connectivity index (χ3n) is 9.20. The van der Waals surface area contributed by atoms with Crippen LogP contribution in [0.1, 0.15) is 12.5 Å². The van der Waals surface area contributed by atoms with Crippen molar-refractivity contribution in [3.8, 4) is 5.75 Å². The summed E-state index contributed by atoms with van der Waals surface area (Å²) in [6, 6.07) is 6.13. The highest BCUT2D eigenvalue weighted by Crippen LogP contribution is 2.61. The van der Waals surface area contributed by atoms with Crippen LogP contribution >= 0.6 is 0 Å². The van der Waals surface area contributed by atoms with Gasteiger partial charge in [-0.3, -0.25) is 0 Å². The van der Waals surface area contributed by atoms with Gasteiger partial charge in [0, 0.05) is 12.0 Å². The molecule has 16 atom stereocenters. The zero-order chi connectivity index (χ0) is 32.9. The number of phenols is 1. The van der Waals surface area contributed by atoms with Crippen LogP contribution < -0.4 is 0 Å². The van der Waals surface area contributed by atoms with Gasteiger partial charge in [0.1, 0.15) is 66.8 Å². The highest BCUT2D eigenvalue weighted by atomic mass is 16.8. The van der Waals surface area contributed by atoms with Gasteiger partial charge < -0.3 is 74.0 Å². The highest BCUT2D eigenvalue weighted by molar-refractivity contribution is 5.87. The molecule has 8 N–H and O–H groups in total. The Balaban J connectivity index is 1.22. The molecule has 0 spiro atoms. The molecular formula is C30H38O16. The fourth-order valence-corrected chi connectivity index (χ4v) is 6.55. The molecule has 3 saturated heterocycles. The molecule has 1 saturated carbocycles. The number of fused-ring (bicyclic) bond motifs is 3. The number of benzene rings is 1. The molecule has 4 heterocycles. The number of hydrogen-bond donors (Lipinski definition) is 8. The van der Waals surface area contributed by atoms with Crippen molar-refractivity contribution in [3.05, 3.63) is 48.2 Å². The van der Waals surface area contributed by atoms with Crippen molar-refractivity contribution < 1.29 is 78.8 Å². The molecular weight excluding hydrogens is 616 g/mol. The van der Waals surface area contributed by atoms with Crippen LogP contribution in [0.4, 0.5) is 0 Å². The van der Waals surface area contributed by atoms with Crippen molar-refractivity contribution in [2.24, 2.45) is 11.8 Å². The lowest BCUT2D eigenvalue weighted by Crippen LogP contribution is -2.60. The summed E-state index contributed by atoms with van der Waals surface area (Å²) in [5.74, 6) is -2.04. The van der Waals surface area contributed by atoms with E-state index in [1.54, 1.807) is 18.2 Å². The summed E-state index contributed by atoms with van der Waals surface area (Å²) in [7, 11) is 0. The summed E-state index contributed by atoms with van der Waals surface area (Å²) in [5.41, 5.74) is -0.640. The first-order valence-electron chi connectivity index (χ1n) is 14.9. The lowest BCUT2D eigenvalue weighted by Gasteiger charge is -2.44. The van der Waals surface area contributed by atoms with Gasteiger partial charge in [0.05, 0.1) is 31.0 Å². The van der Waals surface area contributed by atoms with E-state index in [9.17, 15) is 45.6 Å². The van der Waals surface area contributed by atoms with E-state index in [4.69, 9.17) is 33.2 Å². The number of aromatic hydroxyl groups is 1. The van der Waals surface area contributed by atoms with Gasteiger partial charge in [-0.05, 0) is 36.8 Å². The molecule has 4 fully saturated rings. The van der Waals surface area contributed by atoms with E-state index < -0.39 is 110 Å². The van der Waals surface area contributed by atoms with E-state index in [-0.39, 0.29) is 12.4 Å². The average molecular weight is 655 g/mol. The van der Waals surface area contributed by atoms with Gasteiger partial charge in [-0.2, -0.15) is 0 Å². The molecule has 1 aromatic rings. The summed E-state index contributed by atoms with van der Waals surface area (Å²) < 4.78 is 40.7. The van der Waals surface area contributed by atoms with E-state index >= 15 is 0 Å². The van der Waals surface area contributed by atoms with Gasteiger partial charge >= 0.3 is 5.97 Å². The van der Waals surface area contributed by atoms with Crippen LogP contribution in [-0.2, 0) is 38.0 Å². The third-order valence-corrected chi connectivity index (χ3v) is 9.20.